The minimum absolute atomic E-state index is 0.000488. The molecule has 1 aliphatic rings. The largest absolute Gasteiger partial charge is 0.480 e. The van der Waals surface area contributed by atoms with Crippen LogP contribution in [0.25, 0.3) is 0 Å². The molecule has 1 aromatic rings. The van der Waals surface area contributed by atoms with Crippen LogP contribution in [-0.2, 0) is 14.8 Å². The lowest BCUT2D eigenvalue weighted by Crippen LogP contribution is -2.54. The molecule has 0 aliphatic carbocycles. The van der Waals surface area contributed by atoms with E-state index in [0.717, 1.165) is 4.31 Å². The van der Waals surface area contributed by atoms with Gasteiger partial charge in [0.25, 0.3) is 0 Å². The fourth-order valence-electron chi connectivity index (χ4n) is 2.71. The zero-order valence-corrected chi connectivity index (χ0v) is 14.0. The second-order valence-corrected chi connectivity index (χ2v) is 8.04. The monoisotopic (exact) mass is 367 g/mol. The van der Waals surface area contributed by atoms with Gasteiger partial charge in [-0.15, -0.1) is 0 Å². The predicted octanol–water partition coefficient (Wildman–Crippen LogP) is 1.84. The lowest BCUT2D eigenvalue weighted by atomic mass is 9.88. The van der Waals surface area contributed by atoms with Gasteiger partial charge in [-0.3, -0.25) is 4.79 Å². The Morgan fingerprint density at radius 2 is 1.91 bits per heavy atom. The number of sulfonamides is 1. The number of rotatable bonds is 4. The van der Waals surface area contributed by atoms with Crippen LogP contribution in [0.4, 0.5) is 0 Å². The molecule has 0 saturated carbocycles. The maximum atomic E-state index is 12.8. The summed E-state index contributed by atoms with van der Waals surface area (Å²) < 4.78 is 26.5. The molecular weight excluding hydrogens is 353 g/mol. The first-order valence-corrected chi connectivity index (χ1v) is 8.67. The SMILES string of the molecule is CC1(C(=O)O)C(CO)CCN1S(=O)(=O)c1cc(Cl)cc(Cl)c1. The maximum Gasteiger partial charge on any atom is 0.325 e. The molecule has 2 unspecified atom stereocenters. The van der Waals surface area contributed by atoms with Crippen LogP contribution in [0.15, 0.2) is 23.1 Å². The van der Waals surface area contributed by atoms with Crippen molar-refractivity contribution in [1.82, 2.24) is 4.31 Å². The molecular formula is C13H15Cl2NO5S. The third-order valence-electron chi connectivity index (χ3n) is 4.07. The summed E-state index contributed by atoms with van der Waals surface area (Å²) in [6.45, 7) is 0.887. The van der Waals surface area contributed by atoms with Gasteiger partial charge in [-0.05, 0) is 31.5 Å². The zero-order chi connectivity index (χ0) is 16.7. The van der Waals surface area contributed by atoms with Crippen LogP contribution >= 0.6 is 23.2 Å². The van der Waals surface area contributed by atoms with Crippen LogP contribution in [-0.4, -0.2) is 47.6 Å². The van der Waals surface area contributed by atoms with Crippen molar-refractivity contribution in [3.8, 4) is 0 Å². The van der Waals surface area contributed by atoms with Gasteiger partial charge in [0.2, 0.25) is 10.0 Å². The molecule has 0 spiro atoms. The van der Waals surface area contributed by atoms with Crippen LogP contribution in [0.5, 0.6) is 0 Å². The number of hydrogen-bond acceptors (Lipinski definition) is 4. The molecule has 1 saturated heterocycles. The van der Waals surface area contributed by atoms with Gasteiger partial charge >= 0.3 is 5.97 Å². The number of nitrogens with zero attached hydrogens (tertiary/aromatic N) is 1. The lowest BCUT2D eigenvalue weighted by Gasteiger charge is -2.33. The highest BCUT2D eigenvalue weighted by atomic mass is 35.5. The van der Waals surface area contributed by atoms with Crippen molar-refractivity contribution < 1.29 is 23.4 Å². The summed E-state index contributed by atoms with van der Waals surface area (Å²) in [6, 6.07) is 3.83. The Hall–Kier alpha value is -0.860. The predicted molar refractivity (Wildman–Crippen MR) is 81.6 cm³/mol. The van der Waals surface area contributed by atoms with Crippen LogP contribution in [0.2, 0.25) is 10.0 Å². The zero-order valence-electron chi connectivity index (χ0n) is 11.7. The van der Waals surface area contributed by atoms with Crippen LogP contribution < -0.4 is 0 Å². The molecule has 22 heavy (non-hydrogen) atoms. The fraction of sp³-hybridized carbons (Fsp3) is 0.462. The Labute approximate surface area is 138 Å². The Morgan fingerprint density at radius 1 is 1.36 bits per heavy atom. The van der Waals surface area contributed by atoms with E-state index in [2.05, 4.69) is 0 Å². The first-order valence-electron chi connectivity index (χ1n) is 6.47. The van der Waals surface area contributed by atoms with E-state index in [1.54, 1.807) is 0 Å². The highest BCUT2D eigenvalue weighted by molar-refractivity contribution is 7.89. The van der Waals surface area contributed by atoms with Crippen molar-refractivity contribution in [2.24, 2.45) is 5.92 Å². The fourth-order valence-corrected chi connectivity index (χ4v) is 5.25. The minimum atomic E-state index is -4.11. The summed E-state index contributed by atoms with van der Waals surface area (Å²) in [4.78, 5) is 11.5. The molecule has 1 heterocycles. The molecule has 6 nitrogen and oxygen atoms in total. The summed E-state index contributed by atoms with van der Waals surface area (Å²) in [6.07, 6.45) is 0.257. The molecule has 0 radical (unpaired) electrons. The molecule has 122 valence electrons. The van der Waals surface area contributed by atoms with Crippen molar-refractivity contribution in [1.29, 1.82) is 0 Å². The van der Waals surface area contributed by atoms with Crippen molar-refractivity contribution >= 4 is 39.2 Å². The smallest absolute Gasteiger partial charge is 0.325 e. The van der Waals surface area contributed by atoms with Crippen LogP contribution in [0.1, 0.15) is 13.3 Å². The quantitative estimate of drug-likeness (QED) is 0.846. The minimum Gasteiger partial charge on any atom is -0.480 e. The Balaban J connectivity index is 2.55. The molecule has 2 N–H and O–H groups in total. The van der Waals surface area contributed by atoms with Crippen molar-refractivity contribution in [2.75, 3.05) is 13.2 Å². The summed E-state index contributed by atoms with van der Waals surface area (Å²) in [5.41, 5.74) is -1.72. The average Bonchev–Trinajstić information content (AvgIpc) is 2.76. The van der Waals surface area contributed by atoms with Gasteiger partial charge in [0.05, 0.1) is 4.90 Å². The van der Waals surface area contributed by atoms with E-state index in [9.17, 15) is 23.4 Å². The second kappa shape index (κ2) is 5.98. The van der Waals surface area contributed by atoms with E-state index in [4.69, 9.17) is 23.2 Å². The Morgan fingerprint density at radius 3 is 2.36 bits per heavy atom. The highest BCUT2D eigenvalue weighted by Crippen LogP contribution is 2.39. The van der Waals surface area contributed by atoms with Gasteiger partial charge in [0.15, 0.2) is 0 Å². The third kappa shape index (κ3) is 2.72. The van der Waals surface area contributed by atoms with Crippen molar-refractivity contribution in [2.45, 2.75) is 23.8 Å². The number of hydrogen-bond donors (Lipinski definition) is 2. The Bertz CT molecular complexity index is 688. The number of carboxylic acids is 1. The van der Waals surface area contributed by atoms with Crippen LogP contribution in [0, 0.1) is 5.92 Å². The second-order valence-electron chi connectivity index (χ2n) is 5.30. The number of halogens is 2. The number of aliphatic carboxylic acids is 1. The number of carboxylic acid groups (broad SMARTS) is 1. The number of carbonyl (C=O) groups is 1. The normalized spacial score (nSPS) is 26.3. The Kier molecular flexibility index (Phi) is 4.75. The van der Waals surface area contributed by atoms with E-state index in [1.165, 1.54) is 25.1 Å². The molecule has 1 fully saturated rings. The molecule has 2 atom stereocenters. The van der Waals surface area contributed by atoms with Gasteiger partial charge in [0, 0.05) is 29.1 Å². The summed E-state index contributed by atoms with van der Waals surface area (Å²) >= 11 is 11.7. The molecule has 1 aromatic carbocycles. The summed E-state index contributed by atoms with van der Waals surface area (Å²) in [5, 5.41) is 19.1. The molecule has 9 heteroatoms. The maximum absolute atomic E-state index is 12.8. The van der Waals surface area contributed by atoms with E-state index in [0.29, 0.717) is 0 Å². The van der Waals surface area contributed by atoms with E-state index in [-0.39, 0.29) is 27.9 Å². The molecule has 0 bridgehead atoms. The van der Waals surface area contributed by atoms with Gasteiger partial charge < -0.3 is 10.2 Å². The average molecular weight is 368 g/mol. The topological polar surface area (TPSA) is 94.9 Å². The molecule has 0 amide bonds. The molecule has 1 aliphatic heterocycles. The van der Waals surface area contributed by atoms with Crippen LogP contribution in [0.3, 0.4) is 0 Å². The number of aliphatic hydroxyl groups excluding tert-OH is 1. The highest BCUT2D eigenvalue weighted by Gasteiger charge is 2.55. The van der Waals surface area contributed by atoms with E-state index in [1.807, 2.05) is 0 Å². The molecule has 0 aromatic heterocycles. The number of aliphatic hydroxyl groups is 1. The first-order chi connectivity index (χ1) is 10.1. The summed E-state index contributed by atoms with van der Waals surface area (Å²) in [5.74, 6) is -1.99. The van der Waals surface area contributed by atoms with Gasteiger partial charge in [-0.25, -0.2) is 8.42 Å². The third-order valence-corrected chi connectivity index (χ3v) is 6.48. The van der Waals surface area contributed by atoms with Crippen molar-refractivity contribution in [3.63, 3.8) is 0 Å². The van der Waals surface area contributed by atoms with E-state index < -0.39 is 34.1 Å². The summed E-state index contributed by atoms with van der Waals surface area (Å²) in [7, 11) is -4.11. The van der Waals surface area contributed by atoms with Gasteiger partial charge in [-0.1, -0.05) is 23.2 Å². The standard InChI is InChI=1S/C13H15Cl2NO5S/c1-13(12(18)19)8(7-17)2-3-16(13)22(20,21)11-5-9(14)4-10(15)6-11/h4-6,8,17H,2-3,7H2,1H3,(H,18,19). The first kappa shape index (κ1) is 17.5. The molecule has 2 rings (SSSR count). The van der Waals surface area contributed by atoms with Crippen molar-refractivity contribution in [3.05, 3.63) is 28.2 Å². The lowest BCUT2D eigenvalue weighted by molar-refractivity contribution is -0.148. The van der Waals surface area contributed by atoms with Gasteiger partial charge in [0.1, 0.15) is 5.54 Å². The van der Waals surface area contributed by atoms with Gasteiger partial charge in [-0.2, -0.15) is 4.31 Å². The van der Waals surface area contributed by atoms with E-state index >= 15 is 0 Å². The number of benzene rings is 1.